The summed E-state index contributed by atoms with van der Waals surface area (Å²) in [5, 5.41) is 13.0. The van der Waals surface area contributed by atoms with Crippen LogP contribution in [0.2, 0.25) is 0 Å². The van der Waals surface area contributed by atoms with Gasteiger partial charge in [-0.1, -0.05) is 35.5 Å². The maximum Gasteiger partial charge on any atom is 0.150 e. The number of anilines is 1. The second-order valence-electron chi connectivity index (χ2n) is 5.81. The highest BCUT2D eigenvalue weighted by Crippen LogP contribution is 2.28. The van der Waals surface area contributed by atoms with E-state index >= 15 is 0 Å². The molecule has 0 amide bonds. The lowest BCUT2D eigenvalue weighted by Gasteiger charge is -2.08. The van der Waals surface area contributed by atoms with E-state index in [0.717, 1.165) is 11.1 Å². The van der Waals surface area contributed by atoms with Gasteiger partial charge in [-0.25, -0.2) is 9.37 Å². The number of benzene rings is 2. The van der Waals surface area contributed by atoms with Crippen molar-refractivity contribution in [3.8, 4) is 11.3 Å². The van der Waals surface area contributed by atoms with E-state index in [9.17, 15) is 9.60 Å². The first-order valence-corrected chi connectivity index (χ1v) is 7.99. The number of fused-ring (bicyclic) bond motifs is 1. The largest absolute Gasteiger partial charge is 0.410 e. The topological polar surface area (TPSA) is 75.9 Å². The summed E-state index contributed by atoms with van der Waals surface area (Å²) in [6, 6.07) is 19.0. The minimum absolute atomic E-state index is 0.319. The van der Waals surface area contributed by atoms with Gasteiger partial charge in [-0.15, -0.1) is 0 Å². The van der Waals surface area contributed by atoms with Crippen molar-refractivity contribution in [2.75, 3.05) is 5.73 Å². The minimum atomic E-state index is -0.319. The first-order chi connectivity index (χ1) is 12.7. The molecule has 5 nitrogen and oxygen atoms in total. The Labute approximate surface area is 148 Å². The van der Waals surface area contributed by atoms with Crippen LogP contribution in [0, 0.1) is 5.82 Å². The molecule has 0 aliphatic carbocycles. The van der Waals surface area contributed by atoms with Crippen LogP contribution in [0.15, 0.2) is 78.1 Å². The lowest BCUT2D eigenvalue weighted by molar-refractivity contribution is 0.319. The highest BCUT2D eigenvalue weighted by atomic mass is 19.1. The number of hydrogen-bond donors (Lipinski definition) is 2. The summed E-state index contributed by atoms with van der Waals surface area (Å²) < 4.78 is 15.1. The van der Waals surface area contributed by atoms with Gasteiger partial charge in [0.2, 0.25) is 0 Å². The van der Waals surface area contributed by atoms with Crippen LogP contribution in [0.5, 0.6) is 0 Å². The molecule has 0 aliphatic rings. The third-order valence-electron chi connectivity index (χ3n) is 4.18. The van der Waals surface area contributed by atoms with Crippen LogP contribution in [0.25, 0.3) is 16.9 Å². The van der Waals surface area contributed by atoms with Crippen LogP contribution in [0.4, 0.5) is 10.2 Å². The fourth-order valence-electron chi connectivity index (χ4n) is 2.98. The Kier molecular flexibility index (Phi) is 3.85. The molecule has 0 saturated carbocycles. The predicted molar refractivity (Wildman–Crippen MR) is 98.9 cm³/mol. The van der Waals surface area contributed by atoms with Gasteiger partial charge in [0.05, 0.1) is 5.69 Å². The molecule has 0 fully saturated rings. The Morgan fingerprint density at radius 3 is 2.38 bits per heavy atom. The summed E-state index contributed by atoms with van der Waals surface area (Å²) in [5.41, 5.74) is 10.1. The fraction of sp³-hybridized carbons (Fsp3) is 0. The maximum absolute atomic E-state index is 13.2. The summed E-state index contributed by atoms with van der Waals surface area (Å²) in [6.45, 7) is 0. The Balaban J connectivity index is 1.89. The number of imidazole rings is 1. The van der Waals surface area contributed by atoms with Crippen molar-refractivity contribution in [1.82, 2.24) is 9.38 Å². The van der Waals surface area contributed by atoms with Gasteiger partial charge < -0.3 is 10.9 Å². The third-order valence-corrected chi connectivity index (χ3v) is 4.18. The number of pyridine rings is 1. The highest BCUT2D eigenvalue weighted by molar-refractivity contribution is 6.12. The number of nitrogens with zero attached hydrogens (tertiary/aromatic N) is 3. The first kappa shape index (κ1) is 15.8. The molecule has 2 aromatic heterocycles. The molecule has 128 valence electrons. The van der Waals surface area contributed by atoms with Crippen molar-refractivity contribution in [1.29, 1.82) is 0 Å². The van der Waals surface area contributed by atoms with Gasteiger partial charge in [-0.3, -0.25) is 4.40 Å². The number of rotatable bonds is 3. The number of hydrogen-bond acceptors (Lipinski definition) is 4. The van der Waals surface area contributed by atoms with Crippen LogP contribution in [0.3, 0.4) is 0 Å². The van der Waals surface area contributed by atoms with Gasteiger partial charge in [0.25, 0.3) is 0 Å². The van der Waals surface area contributed by atoms with E-state index in [0.29, 0.717) is 28.4 Å². The standard InChI is InChI=1S/C20H15FN4O/c21-16-9-6-14(7-10-16)19-20(22)23-17-11-8-15(12-25(17)19)18(24-26)13-4-2-1-3-5-13/h1-12,26H,22H2. The molecular weight excluding hydrogens is 331 g/mol. The number of halogens is 1. The molecule has 4 rings (SSSR count). The van der Waals surface area contributed by atoms with Gasteiger partial charge in [0.1, 0.15) is 17.2 Å². The van der Waals surface area contributed by atoms with Crippen LogP contribution in [0.1, 0.15) is 11.1 Å². The molecule has 26 heavy (non-hydrogen) atoms. The molecule has 2 aromatic carbocycles. The molecule has 0 unspecified atom stereocenters. The average molecular weight is 346 g/mol. The van der Waals surface area contributed by atoms with Crippen molar-refractivity contribution in [3.05, 3.63) is 89.9 Å². The van der Waals surface area contributed by atoms with E-state index < -0.39 is 0 Å². The Morgan fingerprint density at radius 2 is 1.69 bits per heavy atom. The van der Waals surface area contributed by atoms with Gasteiger partial charge >= 0.3 is 0 Å². The fourth-order valence-corrected chi connectivity index (χ4v) is 2.98. The van der Waals surface area contributed by atoms with Crippen molar-refractivity contribution in [2.45, 2.75) is 0 Å². The van der Waals surface area contributed by atoms with Crippen molar-refractivity contribution in [2.24, 2.45) is 5.16 Å². The van der Waals surface area contributed by atoms with Crippen LogP contribution in [-0.4, -0.2) is 20.3 Å². The quantitative estimate of drug-likeness (QED) is 0.335. The van der Waals surface area contributed by atoms with Crippen molar-refractivity contribution >= 4 is 17.2 Å². The number of oxime groups is 1. The monoisotopic (exact) mass is 346 g/mol. The molecule has 4 aromatic rings. The smallest absolute Gasteiger partial charge is 0.150 e. The summed E-state index contributed by atoms with van der Waals surface area (Å²) in [7, 11) is 0. The van der Waals surface area contributed by atoms with E-state index in [4.69, 9.17) is 5.73 Å². The summed E-state index contributed by atoms with van der Waals surface area (Å²) >= 11 is 0. The number of nitrogens with two attached hydrogens (primary N) is 1. The van der Waals surface area contributed by atoms with Crippen LogP contribution in [-0.2, 0) is 0 Å². The molecule has 0 atom stereocenters. The Morgan fingerprint density at radius 1 is 0.962 bits per heavy atom. The molecular formula is C20H15FN4O. The van der Waals surface area contributed by atoms with E-state index in [-0.39, 0.29) is 5.82 Å². The van der Waals surface area contributed by atoms with Gasteiger partial charge in [-0.2, -0.15) is 0 Å². The molecule has 0 radical (unpaired) electrons. The molecule has 0 bridgehead atoms. The first-order valence-electron chi connectivity index (χ1n) is 7.99. The van der Waals surface area contributed by atoms with Crippen molar-refractivity contribution < 1.29 is 9.60 Å². The molecule has 6 heteroatoms. The minimum Gasteiger partial charge on any atom is -0.410 e. The molecule has 2 heterocycles. The number of aromatic nitrogens is 2. The summed E-state index contributed by atoms with van der Waals surface area (Å²) in [6.07, 6.45) is 1.80. The van der Waals surface area contributed by atoms with E-state index in [2.05, 4.69) is 10.1 Å². The second kappa shape index (κ2) is 6.33. The highest BCUT2D eigenvalue weighted by Gasteiger charge is 2.15. The van der Waals surface area contributed by atoms with Gasteiger partial charge in [-0.05, 0) is 36.4 Å². The lowest BCUT2D eigenvalue weighted by Crippen LogP contribution is -2.05. The summed E-state index contributed by atoms with van der Waals surface area (Å²) in [4.78, 5) is 4.36. The summed E-state index contributed by atoms with van der Waals surface area (Å²) in [5.74, 6) is 0.0246. The predicted octanol–water partition coefficient (Wildman–Crippen LogP) is 3.95. The van der Waals surface area contributed by atoms with Gasteiger partial charge in [0.15, 0.2) is 5.82 Å². The van der Waals surface area contributed by atoms with E-state index in [1.54, 1.807) is 24.4 Å². The molecule has 0 saturated heterocycles. The SMILES string of the molecule is Nc1nc2ccc(C(=NO)c3ccccc3)cn2c1-c1ccc(F)cc1. The molecule has 3 N–H and O–H groups in total. The lowest BCUT2D eigenvalue weighted by atomic mass is 10.0. The average Bonchev–Trinajstić information content (AvgIpc) is 2.99. The van der Waals surface area contributed by atoms with Crippen molar-refractivity contribution in [3.63, 3.8) is 0 Å². The van der Waals surface area contributed by atoms with Crippen LogP contribution < -0.4 is 5.73 Å². The second-order valence-corrected chi connectivity index (χ2v) is 5.81. The third kappa shape index (κ3) is 2.67. The van der Waals surface area contributed by atoms with Crippen LogP contribution >= 0.6 is 0 Å². The Hall–Kier alpha value is -3.67. The Bertz CT molecular complexity index is 1100. The zero-order valence-electron chi connectivity index (χ0n) is 13.7. The zero-order chi connectivity index (χ0) is 18.1. The maximum atomic E-state index is 13.2. The number of nitrogen functional groups attached to an aromatic ring is 1. The normalized spacial score (nSPS) is 11.8. The molecule has 0 aliphatic heterocycles. The van der Waals surface area contributed by atoms with E-state index in [1.165, 1.54) is 12.1 Å². The van der Waals surface area contributed by atoms with Gasteiger partial charge in [0, 0.05) is 22.9 Å². The van der Waals surface area contributed by atoms with E-state index in [1.807, 2.05) is 40.8 Å². The zero-order valence-corrected chi connectivity index (χ0v) is 13.7. The molecule has 0 spiro atoms.